The zero-order chi connectivity index (χ0) is 27.2. The number of likely N-dealkylation sites (tertiary alicyclic amines) is 1. The fourth-order valence-electron chi connectivity index (χ4n) is 5.38. The van der Waals surface area contributed by atoms with Crippen LogP contribution < -0.4 is 5.69 Å². The first kappa shape index (κ1) is 29.1. The Morgan fingerprint density at radius 3 is 2.26 bits per heavy atom. The van der Waals surface area contributed by atoms with Crippen molar-refractivity contribution in [1.29, 1.82) is 0 Å². The zero-order valence-electron chi connectivity index (χ0n) is 20.7. The first-order valence-electron chi connectivity index (χ1n) is 12.3. The van der Waals surface area contributed by atoms with Crippen molar-refractivity contribution in [3.8, 4) is 0 Å². The minimum Gasteiger partial charge on any atom is -0.303 e. The van der Waals surface area contributed by atoms with E-state index >= 15 is 0 Å². The Balaban J connectivity index is 0.00000353. The number of amides is 1. The van der Waals surface area contributed by atoms with Gasteiger partial charge < -0.3 is 4.90 Å². The summed E-state index contributed by atoms with van der Waals surface area (Å²) < 4.78 is 81.3. The monoisotopic (exact) mass is 590 g/mol. The predicted octanol–water partition coefficient (Wildman–Crippen LogP) is 4.19. The molecule has 1 aromatic heterocycles. The molecule has 0 N–H and O–H groups in total. The van der Waals surface area contributed by atoms with Crippen LogP contribution in [0.4, 0.5) is 17.6 Å². The number of imidazole rings is 1. The van der Waals surface area contributed by atoms with Crippen LogP contribution in [0.3, 0.4) is 0 Å². The van der Waals surface area contributed by atoms with Crippen molar-refractivity contribution >= 4 is 39.4 Å². The number of aromatic nitrogens is 2. The summed E-state index contributed by atoms with van der Waals surface area (Å²) in [6, 6.07) is 9.24. The van der Waals surface area contributed by atoms with Crippen LogP contribution in [0.2, 0.25) is 0 Å². The summed E-state index contributed by atoms with van der Waals surface area (Å²) in [4.78, 5) is 27.7. The number of fused-ring (bicyclic) bond motifs is 2. The Morgan fingerprint density at radius 2 is 1.59 bits per heavy atom. The van der Waals surface area contributed by atoms with Gasteiger partial charge >= 0.3 is 11.9 Å². The summed E-state index contributed by atoms with van der Waals surface area (Å²) in [5.74, 6) is -1.23. The van der Waals surface area contributed by atoms with Crippen molar-refractivity contribution < 1.29 is 30.8 Å². The second-order valence-electron chi connectivity index (χ2n) is 9.65. The van der Waals surface area contributed by atoms with Crippen LogP contribution in [-0.2, 0) is 16.6 Å². The lowest BCUT2D eigenvalue weighted by atomic mass is 10.0. The number of hydrogen-bond acceptors (Lipinski definition) is 5. The highest BCUT2D eigenvalue weighted by Gasteiger charge is 2.40. The molecule has 0 unspecified atom stereocenters. The Bertz CT molecular complexity index is 1550. The second kappa shape index (κ2) is 10.9. The van der Waals surface area contributed by atoms with E-state index in [0.29, 0.717) is 49.9 Å². The normalized spacial score (nSPS) is 17.9. The van der Waals surface area contributed by atoms with Gasteiger partial charge in [0, 0.05) is 25.7 Å². The van der Waals surface area contributed by atoms with E-state index in [4.69, 9.17) is 0 Å². The van der Waals surface area contributed by atoms with Gasteiger partial charge in [-0.2, -0.15) is 13.2 Å². The predicted molar refractivity (Wildman–Crippen MR) is 138 cm³/mol. The molecule has 2 aromatic carbocycles. The molecule has 3 heterocycles. The van der Waals surface area contributed by atoms with E-state index < -0.39 is 40.2 Å². The van der Waals surface area contributed by atoms with Gasteiger partial charge in [-0.05, 0) is 62.6 Å². The van der Waals surface area contributed by atoms with Gasteiger partial charge in [0.2, 0.25) is 0 Å². The number of rotatable bonds is 7. The van der Waals surface area contributed by atoms with Gasteiger partial charge in [-0.1, -0.05) is 12.1 Å². The number of benzene rings is 2. The highest BCUT2D eigenvalue weighted by atomic mass is 35.5. The average Bonchev–Trinajstić information content (AvgIpc) is 3.23. The third-order valence-corrected chi connectivity index (χ3v) is 9.02. The smallest absolute Gasteiger partial charge is 0.303 e. The summed E-state index contributed by atoms with van der Waals surface area (Å²) in [5.41, 5.74) is -0.428. The molecule has 14 heteroatoms. The van der Waals surface area contributed by atoms with Crippen LogP contribution in [0.15, 0.2) is 52.2 Å². The first-order chi connectivity index (χ1) is 18.0. The maximum Gasteiger partial charge on any atom is 0.406 e. The van der Waals surface area contributed by atoms with Crippen molar-refractivity contribution in [3.05, 3.63) is 64.3 Å². The second-order valence-corrected chi connectivity index (χ2v) is 11.5. The molecule has 1 amide bonds. The Hall–Kier alpha value is -2.90. The molecule has 0 bridgehead atoms. The average molecular weight is 591 g/mol. The van der Waals surface area contributed by atoms with Crippen LogP contribution in [0.1, 0.15) is 42.1 Å². The fraction of sp³-hybridized carbons (Fsp3) is 0.440. The highest BCUT2D eigenvalue weighted by Crippen LogP contribution is 2.31. The number of carbonyl (C=O) groups is 1. The molecule has 39 heavy (non-hydrogen) atoms. The molecule has 0 radical (unpaired) electrons. The molecule has 0 saturated carbocycles. The summed E-state index contributed by atoms with van der Waals surface area (Å²) in [6.07, 6.45) is -2.45. The standard InChI is InChI=1S/C25H26F4N4O4S.ClH/c26-17-7-8-20-21(15-17)31(16-25(27,28)29)24(35)33(20)18-9-13-30(14-10-18)11-3-4-12-32-23(34)19-5-1-2-6-22(19)38(32,36)37;/h1-2,5-8,15,18H,3-4,9-14,16H2;1H. The van der Waals surface area contributed by atoms with Crippen LogP contribution in [0.25, 0.3) is 11.0 Å². The van der Waals surface area contributed by atoms with E-state index in [1.807, 2.05) is 0 Å². The Morgan fingerprint density at radius 1 is 0.923 bits per heavy atom. The van der Waals surface area contributed by atoms with Gasteiger partial charge in [-0.25, -0.2) is 21.9 Å². The molecule has 0 atom stereocenters. The third kappa shape index (κ3) is 5.57. The van der Waals surface area contributed by atoms with E-state index in [9.17, 15) is 35.6 Å². The Labute approximate surface area is 228 Å². The van der Waals surface area contributed by atoms with E-state index in [1.54, 1.807) is 12.1 Å². The lowest BCUT2D eigenvalue weighted by Crippen LogP contribution is -2.39. The highest BCUT2D eigenvalue weighted by molar-refractivity contribution is 7.90. The van der Waals surface area contributed by atoms with Gasteiger partial charge in [0.1, 0.15) is 17.3 Å². The van der Waals surface area contributed by atoms with Crippen molar-refractivity contribution in [1.82, 2.24) is 18.3 Å². The minimum atomic E-state index is -4.62. The molecule has 1 fully saturated rings. The van der Waals surface area contributed by atoms with Crippen LogP contribution in [-0.4, -0.2) is 65.0 Å². The number of alkyl halides is 3. The summed E-state index contributed by atoms with van der Waals surface area (Å²) >= 11 is 0. The maximum atomic E-state index is 13.8. The SMILES string of the molecule is Cl.O=C1c2ccccc2S(=O)(=O)N1CCCCN1CCC(n2c(=O)n(CC(F)(F)F)c3cc(F)ccc32)CC1. The molecule has 212 valence electrons. The number of halogens is 5. The molecule has 3 aromatic rings. The molecular weight excluding hydrogens is 564 g/mol. The van der Waals surface area contributed by atoms with Crippen molar-refractivity contribution in [2.45, 2.75) is 49.3 Å². The number of unbranched alkanes of at least 4 members (excludes halogenated alkanes) is 1. The van der Waals surface area contributed by atoms with Gasteiger partial charge in [-0.15, -0.1) is 12.4 Å². The quantitative estimate of drug-likeness (QED) is 0.304. The minimum absolute atomic E-state index is 0. The summed E-state index contributed by atoms with van der Waals surface area (Å²) in [7, 11) is -3.83. The number of hydrogen-bond donors (Lipinski definition) is 0. The van der Waals surface area contributed by atoms with Crippen molar-refractivity contribution in [2.75, 3.05) is 26.2 Å². The van der Waals surface area contributed by atoms with E-state index in [1.165, 1.54) is 22.8 Å². The van der Waals surface area contributed by atoms with Crippen molar-refractivity contribution in [2.24, 2.45) is 0 Å². The number of piperidine rings is 1. The first-order valence-corrected chi connectivity index (χ1v) is 13.8. The van der Waals surface area contributed by atoms with Crippen LogP contribution >= 0.6 is 12.4 Å². The number of sulfonamides is 1. The molecule has 2 aliphatic rings. The lowest BCUT2D eigenvalue weighted by Gasteiger charge is -2.32. The number of nitrogens with zero attached hydrogens (tertiary/aromatic N) is 4. The molecule has 2 aliphatic heterocycles. The molecule has 0 aliphatic carbocycles. The van der Waals surface area contributed by atoms with Crippen molar-refractivity contribution in [3.63, 3.8) is 0 Å². The third-order valence-electron chi connectivity index (χ3n) is 7.18. The molecule has 8 nitrogen and oxygen atoms in total. The zero-order valence-corrected chi connectivity index (χ0v) is 22.4. The number of carbonyl (C=O) groups excluding carboxylic acids is 1. The Kier molecular flexibility index (Phi) is 8.16. The summed E-state index contributed by atoms with van der Waals surface area (Å²) in [5, 5.41) is 0. The van der Waals surface area contributed by atoms with Crippen LogP contribution in [0, 0.1) is 5.82 Å². The molecule has 5 rings (SSSR count). The van der Waals surface area contributed by atoms with E-state index in [0.717, 1.165) is 16.4 Å². The molecule has 1 saturated heterocycles. The van der Waals surface area contributed by atoms with Gasteiger partial charge in [-0.3, -0.25) is 13.9 Å². The lowest BCUT2D eigenvalue weighted by molar-refractivity contribution is -0.140. The molecule has 0 spiro atoms. The van der Waals surface area contributed by atoms with Gasteiger partial charge in [0.25, 0.3) is 15.9 Å². The topological polar surface area (TPSA) is 84.6 Å². The van der Waals surface area contributed by atoms with Gasteiger partial charge in [0.05, 0.1) is 16.6 Å². The van der Waals surface area contributed by atoms with E-state index in [-0.39, 0.29) is 46.5 Å². The van der Waals surface area contributed by atoms with Gasteiger partial charge in [0.15, 0.2) is 0 Å². The van der Waals surface area contributed by atoms with Crippen LogP contribution in [0.5, 0.6) is 0 Å². The summed E-state index contributed by atoms with van der Waals surface area (Å²) in [6.45, 7) is 0.430. The molecular formula is C25H27ClF4N4O4S. The van der Waals surface area contributed by atoms with E-state index in [2.05, 4.69) is 4.90 Å². The maximum absolute atomic E-state index is 13.8. The largest absolute Gasteiger partial charge is 0.406 e. The fourth-order valence-corrected chi connectivity index (χ4v) is 6.99.